The van der Waals surface area contributed by atoms with Crippen molar-refractivity contribution in [3.63, 3.8) is 0 Å². The minimum Gasteiger partial charge on any atom is -0.312 e. The summed E-state index contributed by atoms with van der Waals surface area (Å²) in [6.45, 7) is 9.96. The molecule has 1 aromatic rings. The van der Waals surface area contributed by atoms with Gasteiger partial charge in [-0.15, -0.1) is 12.4 Å². The van der Waals surface area contributed by atoms with E-state index in [1.807, 2.05) is 6.92 Å². The van der Waals surface area contributed by atoms with Crippen LogP contribution in [-0.4, -0.2) is 36.2 Å². The molecule has 5 nitrogen and oxygen atoms in total. The summed E-state index contributed by atoms with van der Waals surface area (Å²) in [5.74, 6) is 0.368. The zero-order valence-electron chi connectivity index (χ0n) is 13.5. The summed E-state index contributed by atoms with van der Waals surface area (Å²) in [5, 5.41) is 8.41. The third kappa shape index (κ3) is 4.85. The predicted molar refractivity (Wildman–Crippen MR) is 92.7 cm³/mol. The van der Waals surface area contributed by atoms with Gasteiger partial charge in [0.05, 0.1) is 23.2 Å². The highest BCUT2D eigenvalue weighted by molar-refractivity contribution is 7.91. The number of sulfone groups is 1. The third-order valence-electron chi connectivity index (χ3n) is 3.66. The molecule has 0 saturated carbocycles. The van der Waals surface area contributed by atoms with E-state index in [1.54, 1.807) is 4.68 Å². The smallest absolute Gasteiger partial charge is 0.152 e. The predicted octanol–water partition coefficient (Wildman–Crippen LogP) is 2.76. The van der Waals surface area contributed by atoms with Gasteiger partial charge in [0.15, 0.2) is 9.84 Å². The fourth-order valence-electron chi connectivity index (χ4n) is 2.53. The van der Waals surface area contributed by atoms with Crippen LogP contribution >= 0.6 is 24.0 Å². The highest BCUT2D eigenvalue weighted by Crippen LogP contribution is 2.29. The van der Waals surface area contributed by atoms with Crippen molar-refractivity contribution in [3.05, 3.63) is 16.4 Å². The van der Waals surface area contributed by atoms with Crippen LogP contribution < -0.4 is 5.32 Å². The topological polar surface area (TPSA) is 64.0 Å². The van der Waals surface area contributed by atoms with Gasteiger partial charge in [-0.1, -0.05) is 32.4 Å². The lowest BCUT2D eigenvalue weighted by atomic mass is 9.97. The Bertz CT molecular complexity index is 621. The van der Waals surface area contributed by atoms with Crippen molar-refractivity contribution in [2.45, 2.75) is 46.7 Å². The Morgan fingerprint density at radius 1 is 1.41 bits per heavy atom. The molecule has 128 valence electrons. The van der Waals surface area contributed by atoms with Crippen molar-refractivity contribution >= 4 is 33.8 Å². The molecule has 8 heteroatoms. The molecule has 0 aliphatic carbocycles. The van der Waals surface area contributed by atoms with Gasteiger partial charge in [-0.05, 0) is 18.8 Å². The van der Waals surface area contributed by atoms with Crippen LogP contribution in [0.25, 0.3) is 0 Å². The van der Waals surface area contributed by atoms with Crippen LogP contribution in [0.4, 0.5) is 0 Å². The van der Waals surface area contributed by atoms with Crippen molar-refractivity contribution in [1.82, 2.24) is 15.1 Å². The minimum absolute atomic E-state index is 0. The Balaban J connectivity index is 0.00000242. The van der Waals surface area contributed by atoms with Crippen LogP contribution in [0.2, 0.25) is 5.15 Å². The maximum absolute atomic E-state index is 11.6. The van der Waals surface area contributed by atoms with Gasteiger partial charge >= 0.3 is 0 Å². The van der Waals surface area contributed by atoms with Gasteiger partial charge < -0.3 is 5.32 Å². The molecule has 2 heterocycles. The molecule has 0 bridgehead atoms. The maximum atomic E-state index is 11.6. The van der Waals surface area contributed by atoms with E-state index in [0.717, 1.165) is 17.8 Å². The van der Waals surface area contributed by atoms with Crippen molar-refractivity contribution in [1.29, 1.82) is 0 Å². The SMILES string of the molecule is Cc1nn(C2CCS(=O)(=O)C2)c(Cl)c1CNCC(C)(C)C.Cl. The van der Waals surface area contributed by atoms with Crippen LogP contribution in [-0.2, 0) is 16.4 Å². The summed E-state index contributed by atoms with van der Waals surface area (Å²) >= 11 is 6.42. The molecule has 0 amide bonds. The first-order valence-electron chi connectivity index (χ1n) is 7.24. The number of nitrogens with zero attached hydrogens (tertiary/aromatic N) is 2. The fourth-order valence-corrected chi connectivity index (χ4v) is 4.60. The first-order valence-corrected chi connectivity index (χ1v) is 9.44. The number of rotatable bonds is 4. The molecule has 0 spiro atoms. The normalized spacial score (nSPS) is 20.9. The van der Waals surface area contributed by atoms with Gasteiger partial charge in [0.2, 0.25) is 0 Å². The second-order valence-corrected chi connectivity index (χ2v) is 9.61. The van der Waals surface area contributed by atoms with Crippen LogP contribution in [0.15, 0.2) is 0 Å². The van der Waals surface area contributed by atoms with E-state index < -0.39 is 9.84 Å². The maximum Gasteiger partial charge on any atom is 0.152 e. The summed E-state index contributed by atoms with van der Waals surface area (Å²) in [5.41, 5.74) is 2.03. The van der Waals surface area contributed by atoms with Crippen LogP contribution in [0.3, 0.4) is 0 Å². The largest absolute Gasteiger partial charge is 0.312 e. The molecule has 22 heavy (non-hydrogen) atoms. The van der Waals surface area contributed by atoms with Gasteiger partial charge in [0, 0.05) is 18.7 Å². The van der Waals surface area contributed by atoms with E-state index in [2.05, 4.69) is 31.2 Å². The molecule has 1 fully saturated rings. The van der Waals surface area contributed by atoms with E-state index in [0.29, 0.717) is 18.1 Å². The minimum atomic E-state index is -2.94. The lowest BCUT2D eigenvalue weighted by Crippen LogP contribution is -2.26. The molecule has 1 saturated heterocycles. The van der Waals surface area contributed by atoms with E-state index in [9.17, 15) is 8.42 Å². The Morgan fingerprint density at radius 3 is 2.55 bits per heavy atom. The summed E-state index contributed by atoms with van der Waals surface area (Å²) < 4.78 is 24.9. The molecule has 1 aliphatic rings. The highest BCUT2D eigenvalue weighted by Gasteiger charge is 2.32. The zero-order chi connectivity index (χ0) is 15.8. The highest BCUT2D eigenvalue weighted by atomic mass is 35.5. The van der Waals surface area contributed by atoms with E-state index >= 15 is 0 Å². The molecule has 1 aliphatic heterocycles. The Hall–Kier alpha value is -0.300. The lowest BCUT2D eigenvalue weighted by Gasteiger charge is -2.18. The van der Waals surface area contributed by atoms with E-state index in [-0.39, 0.29) is 35.4 Å². The average Bonchev–Trinajstić information content (AvgIpc) is 2.81. The zero-order valence-corrected chi connectivity index (χ0v) is 15.9. The monoisotopic (exact) mass is 369 g/mol. The first-order chi connectivity index (χ1) is 9.59. The number of nitrogens with one attached hydrogen (secondary N) is 1. The molecule has 0 radical (unpaired) electrons. The van der Waals surface area contributed by atoms with Crippen LogP contribution in [0, 0.1) is 12.3 Å². The molecule has 1 aromatic heterocycles. The molecule has 0 aromatic carbocycles. The molecular weight excluding hydrogens is 345 g/mol. The Labute approximate surface area is 144 Å². The second kappa shape index (κ2) is 7.07. The van der Waals surface area contributed by atoms with Crippen molar-refractivity contribution in [2.24, 2.45) is 5.41 Å². The summed E-state index contributed by atoms with van der Waals surface area (Å²) in [6, 6.07) is -0.127. The van der Waals surface area contributed by atoms with Gasteiger partial charge in [-0.3, -0.25) is 0 Å². The number of aryl methyl sites for hydroxylation is 1. The number of hydrogen-bond donors (Lipinski definition) is 1. The van der Waals surface area contributed by atoms with Gasteiger partial charge in [0.1, 0.15) is 5.15 Å². The number of aromatic nitrogens is 2. The Kier molecular flexibility index (Phi) is 6.35. The third-order valence-corrected chi connectivity index (χ3v) is 5.81. The standard InChI is InChI=1S/C14H24ClN3O2S.ClH/c1-10-12(7-16-9-14(2,3)4)13(15)18(17-10)11-5-6-21(19,20)8-11;/h11,16H,5-9H2,1-4H3;1H. The van der Waals surface area contributed by atoms with Crippen molar-refractivity contribution in [3.8, 4) is 0 Å². The van der Waals surface area contributed by atoms with Crippen LogP contribution in [0.1, 0.15) is 44.5 Å². The van der Waals surface area contributed by atoms with Crippen molar-refractivity contribution < 1.29 is 8.42 Å². The van der Waals surface area contributed by atoms with Crippen LogP contribution in [0.5, 0.6) is 0 Å². The van der Waals surface area contributed by atoms with Gasteiger partial charge in [-0.2, -0.15) is 5.10 Å². The van der Waals surface area contributed by atoms with E-state index in [1.165, 1.54) is 0 Å². The quantitative estimate of drug-likeness (QED) is 0.885. The van der Waals surface area contributed by atoms with Crippen molar-refractivity contribution in [2.75, 3.05) is 18.1 Å². The number of hydrogen-bond acceptors (Lipinski definition) is 4. The molecule has 1 N–H and O–H groups in total. The summed E-state index contributed by atoms with van der Waals surface area (Å²) in [4.78, 5) is 0. The summed E-state index contributed by atoms with van der Waals surface area (Å²) in [6.07, 6.45) is 0.595. The summed E-state index contributed by atoms with van der Waals surface area (Å²) in [7, 11) is -2.94. The van der Waals surface area contributed by atoms with Gasteiger partial charge in [-0.25, -0.2) is 13.1 Å². The number of halogens is 2. The first kappa shape index (κ1) is 19.7. The fraction of sp³-hybridized carbons (Fsp3) is 0.786. The van der Waals surface area contributed by atoms with E-state index in [4.69, 9.17) is 11.6 Å². The van der Waals surface area contributed by atoms with Gasteiger partial charge in [0.25, 0.3) is 0 Å². The molecule has 2 rings (SSSR count). The molecule has 1 unspecified atom stereocenters. The Morgan fingerprint density at radius 2 is 2.05 bits per heavy atom. The molecule has 1 atom stereocenters. The second-order valence-electron chi connectivity index (χ2n) is 7.02. The average molecular weight is 370 g/mol. The molecular formula is C14H25Cl2N3O2S. The lowest BCUT2D eigenvalue weighted by molar-refractivity contribution is 0.379.